The van der Waals surface area contributed by atoms with Crippen LogP contribution in [0.1, 0.15) is 18.2 Å². The number of rotatable bonds is 2. The molecule has 1 unspecified atom stereocenters. The number of hydrogen-bond donors (Lipinski definition) is 1. The molecule has 0 amide bonds. The fraction of sp³-hybridized carbons (Fsp3) is 0.308. The minimum atomic E-state index is -4.54. The van der Waals surface area contributed by atoms with Crippen LogP contribution in [-0.2, 0) is 6.42 Å². The van der Waals surface area contributed by atoms with Crippen LogP contribution in [0, 0.1) is 11.3 Å². The zero-order valence-electron chi connectivity index (χ0n) is 10.6. The van der Waals surface area contributed by atoms with Crippen LogP contribution in [0.5, 0.6) is 0 Å². The maximum Gasteiger partial charge on any atom is 0.434 e. The summed E-state index contributed by atoms with van der Waals surface area (Å²) in [4.78, 5) is 7.53. The molecule has 20 heavy (non-hydrogen) atoms. The molecule has 7 heteroatoms. The Hall–Kier alpha value is -2.36. The summed E-state index contributed by atoms with van der Waals surface area (Å²) in [6, 6.07) is 4.40. The van der Waals surface area contributed by atoms with E-state index in [9.17, 15) is 13.2 Å². The molecule has 0 spiro atoms. The van der Waals surface area contributed by atoms with Crippen LogP contribution >= 0.6 is 0 Å². The Morgan fingerprint density at radius 2 is 2.10 bits per heavy atom. The van der Waals surface area contributed by atoms with Gasteiger partial charge >= 0.3 is 6.18 Å². The fourth-order valence-electron chi connectivity index (χ4n) is 1.95. The Morgan fingerprint density at radius 1 is 1.40 bits per heavy atom. The van der Waals surface area contributed by atoms with E-state index in [1.54, 1.807) is 13.0 Å². The second-order valence-electron chi connectivity index (χ2n) is 4.46. The second kappa shape index (κ2) is 4.96. The summed E-state index contributed by atoms with van der Waals surface area (Å²) in [7, 11) is 0. The van der Waals surface area contributed by atoms with Crippen LogP contribution in [0.4, 0.5) is 13.2 Å². The molecule has 1 aliphatic rings. The zero-order chi connectivity index (χ0) is 14.9. The van der Waals surface area contributed by atoms with Gasteiger partial charge in [0.25, 0.3) is 0 Å². The van der Waals surface area contributed by atoms with Crippen molar-refractivity contribution in [2.75, 3.05) is 0 Å². The van der Waals surface area contributed by atoms with Gasteiger partial charge in [0.15, 0.2) is 5.71 Å². The van der Waals surface area contributed by atoms with Crippen molar-refractivity contribution in [1.29, 1.82) is 5.26 Å². The van der Waals surface area contributed by atoms with Gasteiger partial charge in [-0.05, 0) is 24.1 Å². The first-order chi connectivity index (χ1) is 9.32. The van der Waals surface area contributed by atoms with Crippen LogP contribution in [0.2, 0.25) is 0 Å². The van der Waals surface area contributed by atoms with Gasteiger partial charge in [0.2, 0.25) is 0 Å². The summed E-state index contributed by atoms with van der Waals surface area (Å²) < 4.78 is 38.1. The van der Waals surface area contributed by atoms with Crippen LogP contribution in [0.15, 0.2) is 34.6 Å². The zero-order valence-corrected chi connectivity index (χ0v) is 10.6. The average Bonchev–Trinajstić information content (AvgIpc) is 2.68. The molecule has 1 atom stereocenters. The number of alkyl halides is 3. The van der Waals surface area contributed by atoms with Crippen molar-refractivity contribution in [1.82, 2.24) is 4.98 Å². The van der Waals surface area contributed by atoms with Crippen molar-refractivity contribution in [2.45, 2.75) is 25.6 Å². The Morgan fingerprint density at radius 3 is 2.55 bits per heavy atom. The third kappa shape index (κ3) is 2.64. The Labute approximate surface area is 113 Å². The number of aromatic nitrogens is 1. The lowest BCUT2D eigenvalue weighted by Crippen LogP contribution is -2.27. The van der Waals surface area contributed by atoms with Gasteiger partial charge in [-0.3, -0.25) is 4.99 Å². The molecular formula is C13H11F3N4. The molecule has 104 valence electrons. The van der Waals surface area contributed by atoms with Gasteiger partial charge in [-0.2, -0.15) is 18.4 Å². The van der Waals surface area contributed by atoms with E-state index < -0.39 is 17.9 Å². The molecule has 2 N–H and O–H groups in total. The van der Waals surface area contributed by atoms with E-state index in [-0.39, 0.29) is 17.8 Å². The van der Waals surface area contributed by atoms with Crippen molar-refractivity contribution in [3.63, 3.8) is 0 Å². The Bertz CT molecular complexity index is 621. The number of aliphatic imine (C=N–C) groups is 1. The number of allylic oxidation sites excluding steroid dienone is 1. The molecule has 2 heterocycles. The van der Waals surface area contributed by atoms with Crippen LogP contribution in [0.25, 0.3) is 0 Å². The third-order valence-electron chi connectivity index (χ3n) is 3.10. The third-order valence-corrected chi connectivity index (χ3v) is 3.10. The van der Waals surface area contributed by atoms with Gasteiger partial charge in [-0.1, -0.05) is 6.07 Å². The molecule has 0 fully saturated rings. The lowest BCUT2D eigenvalue weighted by molar-refractivity contribution is -0.0582. The van der Waals surface area contributed by atoms with Crippen LogP contribution in [0.3, 0.4) is 0 Å². The minimum Gasteiger partial charge on any atom is -0.397 e. The van der Waals surface area contributed by atoms with Gasteiger partial charge in [-0.15, -0.1) is 0 Å². The molecule has 1 aromatic rings. The molecule has 0 saturated carbocycles. The molecule has 0 aliphatic carbocycles. The van der Waals surface area contributed by atoms with Crippen molar-refractivity contribution in [2.24, 2.45) is 10.7 Å². The molecule has 2 rings (SSSR count). The van der Waals surface area contributed by atoms with Crippen LogP contribution in [-0.4, -0.2) is 22.9 Å². The largest absolute Gasteiger partial charge is 0.434 e. The highest BCUT2D eigenvalue weighted by Gasteiger charge is 2.42. The highest BCUT2D eigenvalue weighted by Crippen LogP contribution is 2.30. The van der Waals surface area contributed by atoms with E-state index in [0.29, 0.717) is 11.1 Å². The van der Waals surface area contributed by atoms with Crippen molar-refractivity contribution >= 4 is 5.71 Å². The van der Waals surface area contributed by atoms with Gasteiger partial charge in [0.05, 0.1) is 11.7 Å². The monoisotopic (exact) mass is 280 g/mol. The number of nitrogens with two attached hydrogens (primary N) is 1. The van der Waals surface area contributed by atoms with Gasteiger partial charge in [0, 0.05) is 12.6 Å². The first-order valence-electron chi connectivity index (χ1n) is 5.79. The first kappa shape index (κ1) is 14.1. The maximum absolute atomic E-state index is 12.7. The van der Waals surface area contributed by atoms with E-state index in [1.165, 1.54) is 12.3 Å². The fourth-order valence-corrected chi connectivity index (χ4v) is 1.95. The molecule has 0 saturated heterocycles. The summed E-state index contributed by atoms with van der Waals surface area (Å²) in [5.41, 5.74) is 5.52. The summed E-state index contributed by atoms with van der Waals surface area (Å²) >= 11 is 0. The van der Waals surface area contributed by atoms with E-state index >= 15 is 0 Å². The number of hydrogen-bond acceptors (Lipinski definition) is 4. The Balaban J connectivity index is 2.22. The number of halogens is 3. The normalized spacial score (nSPS) is 18.9. The van der Waals surface area contributed by atoms with Gasteiger partial charge in [0.1, 0.15) is 11.8 Å². The number of nitrogens with zero attached hydrogens (tertiary/aromatic N) is 3. The molecule has 0 radical (unpaired) electrons. The second-order valence-corrected chi connectivity index (χ2v) is 4.46. The predicted molar refractivity (Wildman–Crippen MR) is 66.8 cm³/mol. The standard InChI is InChI=1S/C13H11F3N4/c1-7-10(20-12(11(7)18)13(14,15)16)4-8-2-3-9(5-17)19-6-8/h2-3,6,10H,4,18H2,1H3. The minimum absolute atomic E-state index is 0.256. The predicted octanol–water partition coefficient (Wildman–Crippen LogP) is 2.11. The van der Waals surface area contributed by atoms with E-state index in [0.717, 1.165) is 0 Å². The Kier molecular flexibility index (Phi) is 3.49. The molecule has 0 bridgehead atoms. The summed E-state index contributed by atoms with van der Waals surface area (Å²) in [5, 5.41) is 8.63. The average molecular weight is 280 g/mol. The highest BCUT2D eigenvalue weighted by molar-refractivity contribution is 6.06. The van der Waals surface area contributed by atoms with E-state index in [1.807, 2.05) is 6.07 Å². The topological polar surface area (TPSA) is 75.1 Å². The van der Waals surface area contributed by atoms with Crippen molar-refractivity contribution in [3.8, 4) is 6.07 Å². The summed E-state index contributed by atoms with van der Waals surface area (Å²) in [5.74, 6) is 0. The quantitative estimate of drug-likeness (QED) is 0.901. The molecule has 0 aromatic carbocycles. The number of nitriles is 1. The van der Waals surface area contributed by atoms with Gasteiger partial charge in [-0.25, -0.2) is 4.98 Å². The summed E-state index contributed by atoms with van der Waals surface area (Å²) in [6.45, 7) is 1.54. The molecule has 1 aliphatic heterocycles. The van der Waals surface area contributed by atoms with Crippen molar-refractivity contribution < 1.29 is 13.2 Å². The maximum atomic E-state index is 12.7. The van der Waals surface area contributed by atoms with Crippen LogP contribution < -0.4 is 5.73 Å². The van der Waals surface area contributed by atoms with Crippen molar-refractivity contribution in [3.05, 3.63) is 40.9 Å². The van der Waals surface area contributed by atoms with Gasteiger partial charge < -0.3 is 5.73 Å². The highest BCUT2D eigenvalue weighted by atomic mass is 19.4. The number of pyridine rings is 1. The van der Waals surface area contributed by atoms with E-state index in [2.05, 4.69) is 9.98 Å². The smallest absolute Gasteiger partial charge is 0.397 e. The lowest BCUT2D eigenvalue weighted by Gasteiger charge is -2.09. The first-order valence-corrected chi connectivity index (χ1v) is 5.79. The SMILES string of the molecule is CC1=C(N)C(C(F)(F)F)=NC1Cc1ccc(C#N)nc1. The molecular weight excluding hydrogens is 269 g/mol. The summed E-state index contributed by atoms with van der Waals surface area (Å²) in [6.07, 6.45) is -2.81. The molecule has 4 nitrogen and oxygen atoms in total. The molecule has 1 aromatic heterocycles. The van der Waals surface area contributed by atoms with E-state index in [4.69, 9.17) is 11.0 Å². The lowest BCUT2D eigenvalue weighted by atomic mass is 10.0.